The number of aliphatic imine (C=N–C) groups is 1. The maximum Gasteiger partial charge on any atom is 0.376 e. The van der Waals surface area contributed by atoms with Crippen molar-refractivity contribution in [2.24, 2.45) is 18.0 Å². The summed E-state index contributed by atoms with van der Waals surface area (Å²) in [7, 11) is 1.42. The van der Waals surface area contributed by atoms with Gasteiger partial charge in [0.25, 0.3) is 5.56 Å². The quantitative estimate of drug-likeness (QED) is 0.224. The molecule has 12 heteroatoms. The second kappa shape index (κ2) is 14.7. The van der Waals surface area contributed by atoms with Crippen LogP contribution in [0.25, 0.3) is 0 Å². The fraction of sp³-hybridized carbons (Fsp3) is 0.387. The summed E-state index contributed by atoms with van der Waals surface area (Å²) in [6, 6.07) is 14.3. The van der Waals surface area contributed by atoms with Crippen LogP contribution in [0.15, 0.2) is 75.8 Å². The lowest BCUT2D eigenvalue weighted by Crippen LogP contribution is -2.40. The molecule has 0 saturated heterocycles. The minimum Gasteiger partial charge on any atom is -0.443 e. The Labute approximate surface area is 252 Å². The second-order valence-electron chi connectivity index (χ2n) is 10.1. The average Bonchev–Trinajstić information content (AvgIpc) is 3.16. The number of benzene rings is 2. The molecule has 1 atom stereocenters. The first-order valence-electron chi connectivity index (χ1n) is 13.9. The summed E-state index contributed by atoms with van der Waals surface area (Å²) in [5.74, 6) is 0.648. The van der Waals surface area contributed by atoms with Gasteiger partial charge in [-0.15, -0.1) is 0 Å². The highest BCUT2D eigenvalue weighted by Gasteiger charge is 2.28. The van der Waals surface area contributed by atoms with Gasteiger partial charge in [-0.25, -0.2) is 4.79 Å². The maximum atomic E-state index is 13.4. The van der Waals surface area contributed by atoms with Crippen LogP contribution in [-0.4, -0.2) is 52.7 Å². The maximum absolute atomic E-state index is 13.4. The predicted molar refractivity (Wildman–Crippen MR) is 160 cm³/mol. The van der Waals surface area contributed by atoms with Gasteiger partial charge in [-0.1, -0.05) is 42.4 Å². The van der Waals surface area contributed by atoms with Crippen molar-refractivity contribution in [3.05, 3.63) is 104 Å². The van der Waals surface area contributed by atoms with Crippen molar-refractivity contribution in [1.29, 1.82) is 0 Å². The van der Waals surface area contributed by atoms with Crippen LogP contribution < -0.4 is 16.0 Å². The molecular formula is C31H34ClF2N3O6. The Kier molecular flexibility index (Phi) is 11.0. The van der Waals surface area contributed by atoms with Gasteiger partial charge in [-0.05, 0) is 61.1 Å². The molecule has 230 valence electrons. The summed E-state index contributed by atoms with van der Waals surface area (Å²) < 4.78 is 45.6. The van der Waals surface area contributed by atoms with Crippen molar-refractivity contribution in [2.75, 3.05) is 26.4 Å². The lowest BCUT2D eigenvalue weighted by atomic mass is 9.93. The number of aliphatic hydroxyl groups excluding tert-OH is 1. The van der Waals surface area contributed by atoms with E-state index < -0.39 is 17.4 Å². The molecule has 9 nitrogen and oxygen atoms in total. The number of nitrogens with zero attached hydrogens (tertiary/aromatic N) is 3. The standard InChI is InChI=1S/C31H34ClF2N3O6/c1-3-31(33,34)42-16-13-21-5-4-6-25(20-21)43-28-23(19-22-7-10-24(32)11-8-22)9-12-26-27(35-28)37(14-17-41-18-15-38)30(40)36(2)29(26)39/h3-8,10-11,20,23,38H,1,9,12-19H2,2H3. The minimum atomic E-state index is -3.42. The van der Waals surface area contributed by atoms with Crippen molar-refractivity contribution < 1.29 is 28.1 Å². The number of hydrogen-bond acceptors (Lipinski definition) is 7. The van der Waals surface area contributed by atoms with E-state index in [1.807, 2.05) is 12.1 Å². The molecule has 1 aromatic heterocycles. The van der Waals surface area contributed by atoms with Gasteiger partial charge in [0.1, 0.15) is 11.6 Å². The second-order valence-corrected chi connectivity index (χ2v) is 10.5. The molecule has 2 aromatic carbocycles. The lowest BCUT2D eigenvalue weighted by molar-refractivity contribution is -0.199. The van der Waals surface area contributed by atoms with E-state index in [2.05, 4.69) is 11.3 Å². The van der Waals surface area contributed by atoms with Crippen molar-refractivity contribution in [3.8, 4) is 5.75 Å². The summed E-state index contributed by atoms with van der Waals surface area (Å²) in [5.41, 5.74) is 1.09. The molecule has 1 N–H and O–H groups in total. The molecule has 0 radical (unpaired) electrons. The van der Waals surface area contributed by atoms with E-state index in [9.17, 15) is 18.4 Å². The van der Waals surface area contributed by atoms with Crippen LogP contribution in [0.3, 0.4) is 0 Å². The SMILES string of the molecule is C=CC(F)(F)OCCc1cccc(OC2=Nc3c(c(=O)n(C)c(=O)n3CCOCCO)CCC2Cc2ccc(Cl)cc2)c1. The van der Waals surface area contributed by atoms with Crippen LogP contribution in [0.5, 0.6) is 5.75 Å². The zero-order valence-corrected chi connectivity index (χ0v) is 24.6. The molecule has 4 rings (SSSR count). The molecular weight excluding hydrogens is 584 g/mol. The van der Waals surface area contributed by atoms with Crippen LogP contribution in [0.2, 0.25) is 5.02 Å². The Balaban J connectivity index is 1.71. The molecule has 2 heterocycles. The van der Waals surface area contributed by atoms with E-state index in [0.29, 0.717) is 53.1 Å². The number of aliphatic hydroxyl groups is 1. The Morgan fingerprint density at radius 3 is 2.63 bits per heavy atom. The van der Waals surface area contributed by atoms with Crippen LogP contribution >= 0.6 is 11.6 Å². The van der Waals surface area contributed by atoms with Crippen LogP contribution in [0, 0.1) is 5.92 Å². The average molecular weight is 618 g/mol. The van der Waals surface area contributed by atoms with Gasteiger partial charge < -0.3 is 19.3 Å². The molecule has 0 saturated carbocycles. The zero-order valence-electron chi connectivity index (χ0n) is 23.8. The van der Waals surface area contributed by atoms with Crippen molar-refractivity contribution in [1.82, 2.24) is 9.13 Å². The number of hydrogen-bond donors (Lipinski definition) is 1. The van der Waals surface area contributed by atoms with E-state index in [-0.39, 0.29) is 51.1 Å². The number of fused-ring (bicyclic) bond motifs is 1. The Morgan fingerprint density at radius 2 is 1.91 bits per heavy atom. The van der Waals surface area contributed by atoms with E-state index in [1.54, 1.807) is 36.4 Å². The summed E-state index contributed by atoms with van der Waals surface area (Å²) >= 11 is 6.09. The van der Waals surface area contributed by atoms with E-state index in [0.717, 1.165) is 10.1 Å². The van der Waals surface area contributed by atoms with Crippen LogP contribution in [-0.2, 0) is 42.3 Å². The smallest absolute Gasteiger partial charge is 0.376 e. The van der Waals surface area contributed by atoms with Crippen LogP contribution in [0.4, 0.5) is 14.6 Å². The number of halogens is 3. The first-order valence-corrected chi connectivity index (χ1v) is 14.3. The topological polar surface area (TPSA) is 104 Å². The van der Waals surface area contributed by atoms with Gasteiger partial charge in [0.05, 0.1) is 38.5 Å². The number of rotatable bonds is 13. The number of aromatic nitrogens is 2. The monoisotopic (exact) mass is 617 g/mol. The van der Waals surface area contributed by atoms with Crippen molar-refractivity contribution in [2.45, 2.75) is 38.3 Å². The molecule has 0 fully saturated rings. The third-order valence-electron chi connectivity index (χ3n) is 7.05. The molecule has 0 bridgehead atoms. The third kappa shape index (κ3) is 8.47. The predicted octanol–water partition coefficient (Wildman–Crippen LogP) is 4.46. The number of ether oxygens (including phenoxy) is 3. The summed E-state index contributed by atoms with van der Waals surface area (Å²) in [4.78, 5) is 31.2. The van der Waals surface area contributed by atoms with E-state index in [1.165, 1.54) is 11.6 Å². The molecule has 1 aliphatic heterocycles. The van der Waals surface area contributed by atoms with Crippen LogP contribution in [0.1, 0.15) is 23.1 Å². The molecule has 1 unspecified atom stereocenters. The molecule has 0 aliphatic carbocycles. The molecule has 0 spiro atoms. The van der Waals surface area contributed by atoms with Gasteiger partial charge >= 0.3 is 11.8 Å². The summed E-state index contributed by atoms with van der Waals surface area (Å²) in [5, 5.41) is 9.66. The molecule has 1 aliphatic rings. The highest BCUT2D eigenvalue weighted by Crippen LogP contribution is 2.29. The Bertz CT molecular complexity index is 1570. The highest BCUT2D eigenvalue weighted by atomic mass is 35.5. The van der Waals surface area contributed by atoms with Gasteiger partial charge in [-0.2, -0.15) is 13.8 Å². The zero-order chi connectivity index (χ0) is 31.0. The van der Waals surface area contributed by atoms with E-state index >= 15 is 0 Å². The van der Waals surface area contributed by atoms with Crippen molar-refractivity contribution >= 4 is 23.3 Å². The number of alkyl halides is 2. The third-order valence-corrected chi connectivity index (χ3v) is 7.30. The molecule has 43 heavy (non-hydrogen) atoms. The minimum absolute atomic E-state index is 0.107. The van der Waals surface area contributed by atoms with Gasteiger partial charge in [0.2, 0.25) is 0 Å². The Hall–Kier alpha value is -3.64. The molecule has 3 aromatic rings. The van der Waals surface area contributed by atoms with Crippen molar-refractivity contribution in [3.63, 3.8) is 0 Å². The fourth-order valence-electron chi connectivity index (χ4n) is 4.78. The first kappa shape index (κ1) is 32.3. The van der Waals surface area contributed by atoms with E-state index in [4.69, 9.17) is 31.2 Å². The van der Waals surface area contributed by atoms with Gasteiger partial charge in [0.15, 0.2) is 5.90 Å². The fourth-order valence-corrected chi connectivity index (χ4v) is 4.90. The summed E-state index contributed by atoms with van der Waals surface area (Å²) in [6.45, 7) is 3.02. The normalized spacial score (nSPS) is 15.0. The first-order chi connectivity index (χ1) is 20.6. The lowest BCUT2D eigenvalue weighted by Gasteiger charge is -2.19. The highest BCUT2D eigenvalue weighted by molar-refractivity contribution is 6.30. The van der Waals surface area contributed by atoms with Gasteiger partial charge in [-0.3, -0.25) is 13.9 Å². The Morgan fingerprint density at radius 1 is 1.14 bits per heavy atom. The largest absolute Gasteiger partial charge is 0.443 e. The summed E-state index contributed by atoms with van der Waals surface area (Å²) in [6.07, 6.45) is -1.38. The van der Waals surface area contributed by atoms with Gasteiger partial charge in [0, 0.05) is 24.1 Å². The molecule has 0 amide bonds.